The fourth-order valence-corrected chi connectivity index (χ4v) is 3.11. The van der Waals surface area contributed by atoms with E-state index in [-0.39, 0.29) is 18.4 Å². The van der Waals surface area contributed by atoms with Gasteiger partial charge in [0.05, 0.1) is 32.8 Å². The van der Waals surface area contributed by atoms with Crippen molar-refractivity contribution in [2.24, 2.45) is 0 Å². The number of hydrogen-bond acceptors (Lipinski definition) is 5. The molecule has 1 saturated heterocycles. The summed E-state index contributed by atoms with van der Waals surface area (Å²) in [5, 5.41) is 12.0. The van der Waals surface area contributed by atoms with Crippen LogP contribution in [0.5, 0.6) is 11.5 Å². The SMILES string of the molecule is COc1ccc(C(CC(=O)O)NC(=O)CCC2CCCCO2)c(OC)c1. The lowest BCUT2D eigenvalue weighted by atomic mass is 10.0. The third-order valence-corrected chi connectivity index (χ3v) is 4.50. The third-order valence-electron chi connectivity index (χ3n) is 4.50. The first-order valence-electron chi connectivity index (χ1n) is 8.88. The minimum atomic E-state index is -0.996. The lowest BCUT2D eigenvalue weighted by molar-refractivity contribution is -0.137. The standard InChI is InChI=1S/C19H27NO6/c1-24-14-6-8-15(17(11-14)25-2)16(12-19(22)23)20-18(21)9-7-13-5-3-4-10-26-13/h6,8,11,13,16H,3-5,7,9-10,12H2,1-2H3,(H,20,21)(H,22,23). The summed E-state index contributed by atoms with van der Waals surface area (Å²) >= 11 is 0. The monoisotopic (exact) mass is 365 g/mol. The molecule has 1 aromatic rings. The van der Waals surface area contributed by atoms with Crippen LogP contribution in [0.25, 0.3) is 0 Å². The number of carboxylic acids is 1. The number of hydrogen-bond donors (Lipinski definition) is 2. The molecule has 0 aliphatic carbocycles. The van der Waals surface area contributed by atoms with Gasteiger partial charge in [0.2, 0.25) is 5.91 Å². The maximum atomic E-state index is 12.3. The highest BCUT2D eigenvalue weighted by molar-refractivity contribution is 5.78. The molecule has 0 bridgehead atoms. The summed E-state index contributed by atoms with van der Waals surface area (Å²) in [6.07, 6.45) is 4.00. The van der Waals surface area contributed by atoms with E-state index in [1.54, 1.807) is 18.2 Å². The number of amides is 1. The highest BCUT2D eigenvalue weighted by Crippen LogP contribution is 2.31. The number of rotatable bonds is 9. The number of benzene rings is 1. The number of carbonyl (C=O) groups is 2. The van der Waals surface area contributed by atoms with Crippen LogP contribution in [0.3, 0.4) is 0 Å². The number of carboxylic acid groups (broad SMARTS) is 1. The molecule has 0 spiro atoms. The molecule has 144 valence electrons. The van der Waals surface area contributed by atoms with Crippen molar-refractivity contribution in [2.45, 2.75) is 50.7 Å². The molecule has 1 aliphatic heterocycles. The highest BCUT2D eigenvalue weighted by Gasteiger charge is 2.23. The average Bonchev–Trinajstić information content (AvgIpc) is 2.65. The molecule has 2 rings (SSSR count). The van der Waals surface area contributed by atoms with Crippen molar-refractivity contribution in [2.75, 3.05) is 20.8 Å². The molecule has 2 unspecified atom stereocenters. The van der Waals surface area contributed by atoms with E-state index in [0.29, 0.717) is 29.9 Å². The summed E-state index contributed by atoms with van der Waals surface area (Å²) in [6.45, 7) is 0.747. The second-order valence-corrected chi connectivity index (χ2v) is 6.35. The van der Waals surface area contributed by atoms with E-state index in [4.69, 9.17) is 14.2 Å². The summed E-state index contributed by atoms with van der Waals surface area (Å²) in [6, 6.07) is 4.43. The fraction of sp³-hybridized carbons (Fsp3) is 0.579. The number of carbonyl (C=O) groups excluding carboxylic acids is 1. The third kappa shape index (κ3) is 5.91. The van der Waals surface area contributed by atoms with E-state index in [0.717, 1.165) is 25.9 Å². The van der Waals surface area contributed by atoms with E-state index in [9.17, 15) is 14.7 Å². The van der Waals surface area contributed by atoms with Crippen molar-refractivity contribution in [3.8, 4) is 11.5 Å². The summed E-state index contributed by atoms with van der Waals surface area (Å²) in [7, 11) is 3.04. The van der Waals surface area contributed by atoms with Gasteiger partial charge in [-0.05, 0) is 37.8 Å². The Morgan fingerprint density at radius 1 is 1.31 bits per heavy atom. The van der Waals surface area contributed by atoms with Gasteiger partial charge in [-0.2, -0.15) is 0 Å². The molecule has 1 aliphatic rings. The van der Waals surface area contributed by atoms with Crippen LogP contribution in [-0.4, -0.2) is 43.9 Å². The van der Waals surface area contributed by atoms with Crippen LogP contribution in [0.1, 0.15) is 50.1 Å². The summed E-state index contributed by atoms with van der Waals surface area (Å²) < 4.78 is 16.1. The second kappa shape index (κ2) is 10.0. The Bertz CT molecular complexity index is 612. The van der Waals surface area contributed by atoms with Crippen molar-refractivity contribution >= 4 is 11.9 Å². The van der Waals surface area contributed by atoms with E-state index in [1.165, 1.54) is 14.2 Å². The minimum Gasteiger partial charge on any atom is -0.497 e. The molecular weight excluding hydrogens is 338 g/mol. The molecule has 1 amide bonds. The van der Waals surface area contributed by atoms with Crippen molar-refractivity contribution in [3.05, 3.63) is 23.8 Å². The molecule has 26 heavy (non-hydrogen) atoms. The molecule has 7 heteroatoms. The quantitative estimate of drug-likeness (QED) is 0.699. The van der Waals surface area contributed by atoms with Crippen molar-refractivity contribution in [1.29, 1.82) is 0 Å². The van der Waals surface area contributed by atoms with Crippen molar-refractivity contribution in [1.82, 2.24) is 5.32 Å². The summed E-state index contributed by atoms with van der Waals surface area (Å²) in [5.74, 6) is -0.112. The average molecular weight is 365 g/mol. The van der Waals surface area contributed by atoms with E-state index in [1.807, 2.05) is 0 Å². The van der Waals surface area contributed by atoms with Crippen LogP contribution in [0.2, 0.25) is 0 Å². The summed E-state index contributed by atoms with van der Waals surface area (Å²) in [5.41, 5.74) is 0.609. The van der Waals surface area contributed by atoms with E-state index in [2.05, 4.69) is 5.32 Å². The van der Waals surface area contributed by atoms with Gasteiger partial charge in [0.1, 0.15) is 11.5 Å². The zero-order valence-corrected chi connectivity index (χ0v) is 15.3. The first kappa shape index (κ1) is 20.0. The van der Waals surface area contributed by atoms with E-state index < -0.39 is 12.0 Å². The normalized spacial score (nSPS) is 18.0. The molecule has 1 aromatic carbocycles. The Morgan fingerprint density at radius 2 is 2.12 bits per heavy atom. The Hall–Kier alpha value is -2.28. The van der Waals surface area contributed by atoms with Gasteiger partial charge in [0, 0.05) is 24.7 Å². The predicted molar refractivity (Wildman–Crippen MR) is 95.5 cm³/mol. The number of nitrogens with one attached hydrogen (secondary N) is 1. The van der Waals surface area contributed by atoms with E-state index >= 15 is 0 Å². The van der Waals surface area contributed by atoms with Crippen molar-refractivity contribution in [3.63, 3.8) is 0 Å². The van der Waals surface area contributed by atoms with Crippen LogP contribution in [0, 0.1) is 0 Å². The largest absolute Gasteiger partial charge is 0.497 e. The van der Waals surface area contributed by atoms with Gasteiger partial charge in [-0.1, -0.05) is 0 Å². The lowest BCUT2D eigenvalue weighted by Gasteiger charge is -2.23. The zero-order valence-electron chi connectivity index (χ0n) is 15.3. The molecule has 0 aromatic heterocycles. The first-order valence-corrected chi connectivity index (χ1v) is 8.88. The topological polar surface area (TPSA) is 94.1 Å². The summed E-state index contributed by atoms with van der Waals surface area (Å²) in [4.78, 5) is 23.6. The molecular formula is C19H27NO6. The first-order chi connectivity index (χ1) is 12.5. The number of aliphatic carboxylic acids is 1. The molecule has 7 nitrogen and oxygen atoms in total. The number of ether oxygens (including phenoxy) is 3. The molecule has 1 fully saturated rings. The fourth-order valence-electron chi connectivity index (χ4n) is 3.11. The van der Waals surface area contributed by atoms with Crippen molar-refractivity contribution < 1.29 is 28.9 Å². The van der Waals surface area contributed by atoms with Gasteiger partial charge in [0.15, 0.2) is 0 Å². The number of methoxy groups -OCH3 is 2. The van der Waals surface area contributed by atoms with Crippen LogP contribution in [-0.2, 0) is 14.3 Å². The lowest BCUT2D eigenvalue weighted by Crippen LogP contribution is -2.31. The molecule has 0 radical (unpaired) electrons. The zero-order chi connectivity index (χ0) is 18.9. The Morgan fingerprint density at radius 3 is 2.73 bits per heavy atom. The molecule has 2 N–H and O–H groups in total. The minimum absolute atomic E-state index is 0.114. The highest BCUT2D eigenvalue weighted by atomic mass is 16.5. The Labute approximate surface area is 153 Å². The molecule has 0 saturated carbocycles. The van der Waals surface area contributed by atoms with Gasteiger partial charge in [-0.15, -0.1) is 0 Å². The van der Waals surface area contributed by atoms with Crippen LogP contribution in [0.15, 0.2) is 18.2 Å². The van der Waals surface area contributed by atoms with Gasteiger partial charge < -0.3 is 24.6 Å². The van der Waals surface area contributed by atoms with Gasteiger partial charge in [0.25, 0.3) is 0 Å². The van der Waals surface area contributed by atoms with Crippen LogP contribution >= 0.6 is 0 Å². The second-order valence-electron chi connectivity index (χ2n) is 6.35. The Kier molecular flexibility index (Phi) is 7.72. The van der Waals surface area contributed by atoms with Crippen LogP contribution in [0.4, 0.5) is 0 Å². The maximum Gasteiger partial charge on any atom is 0.305 e. The molecule has 2 atom stereocenters. The predicted octanol–water partition coefficient (Wildman–Crippen LogP) is 2.69. The maximum absolute atomic E-state index is 12.3. The van der Waals surface area contributed by atoms with Crippen LogP contribution < -0.4 is 14.8 Å². The smallest absolute Gasteiger partial charge is 0.305 e. The Balaban J connectivity index is 2.04. The van der Waals surface area contributed by atoms with Gasteiger partial charge in [-0.25, -0.2) is 0 Å². The van der Waals surface area contributed by atoms with Gasteiger partial charge >= 0.3 is 5.97 Å². The molecule has 1 heterocycles. The van der Waals surface area contributed by atoms with Gasteiger partial charge in [-0.3, -0.25) is 9.59 Å².